The van der Waals surface area contributed by atoms with Crippen LogP contribution in [0.15, 0.2) is 36.4 Å². The summed E-state index contributed by atoms with van der Waals surface area (Å²) in [5.41, 5.74) is 0.916. The first-order valence-electron chi connectivity index (χ1n) is 7.54. The average molecular weight is 375 g/mol. The van der Waals surface area contributed by atoms with Crippen molar-refractivity contribution in [2.24, 2.45) is 0 Å². The Morgan fingerprint density at radius 1 is 1.12 bits per heavy atom. The van der Waals surface area contributed by atoms with Gasteiger partial charge in [0.25, 0.3) is 0 Å². The molecule has 0 saturated carbocycles. The summed E-state index contributed by atoms with van der Waals surface area (Å²) in [6, 6.07) is 10.1. The van der Waals surface area contributed by atoms with E-state index in [1.165, 1.54) is 23.5 Å². The maximum atomic E-state index is 10.9. The number of nitrogens with one attached hydrogen (secondary N) is 1. The molecule has 0 fully saturated rings. The number of thiophene rings is 1. The minimum absolute atomic E-state index is 0.132. The highest BCUT2D eigenvalue weighted by Gasteiger charge is 2.13. The monoisotopic (exact) mass is 374 g/mol. The van der Waals surface area contributed by atoms with Gasteiger partial charge < -0.3 is 10.4 Å². The summed E-state index contributed by atoms with van der Waals surface area (Å²) in [5.74, 6) is 0.790. The molecule has 0 aliphatic rings. The number of carbonyl (C=O) groups is 1. The largest absolute Gasteiger partial charge is 0.478 e. The quantitative estimate of drug-likeness (QED) is 0.665. The number of hydrogen-bond donors (Lipinski definition) is 2. The molecule has 0 unspecified atom stereocenters. The lowest BCUT2D eigenvalue weighted by atomic mass is 10.2. The lowest BCUT2D eigenvalue weighted by Gasteiger charge is -2.10. The predicted molar refractivity (Wildman–Crippen MR) is 98.9 cm³/mol. The van der Waals surface area contributed by atoms with Gasteiger partial charge in [0, 0.05) is 11.6 Å². The van der Waals surface area contributed by atoms with E-state index in [2.05, 4.69) is 20.3 Å². The topological polar surface area (TPSA) is 88.0 Å². The second kappa shape index (κ2) is 7.16. The summed E-state index contributed by atoms with van der Waals surface area (Å²) in [6.07, 6.45) is 0. The zero-order chi connectivity index (χ0) is 18.0. The molecule has 8 heteroatoms. The molecule has 1 aromatic carbocycles. The lowest BCUT2D eigenvalue weighted by Crippen LogP contribution is -2.06. The molecule has 6 nitrogen and oxygen atoms in total. The van der Waals surface area contributed by atoms with E-state index in [-0.39, 0.29) is 11.5 Å². The van der Waals surface area contributed by atoms with Crippen LogP contribution in [0.4, 0.5) is 11.6 Å². The van der Waals surface area contributed by atoms with E-state index < -0.39 is 5.97 Å². The van der Waals surface area contributed by atoms with Crippen molar-refractivity contribution in [3.8, 4) is 10.7 Å². The lowest BCUT2D eigenvalue weighted by molar-refractivity contribution is 0.0697. The van der Waals surface area contributed by atoms with Crippen molar-refractivity contribution in [3.05, 3.63) is 52.1 Å². The van der Waals surface area contributed by atoms with Gasteiger partial charge in [0.2, 0.25) is 5.95 Å². The average Bonchev–Trinajstić information content (AvgIpc) is 3.01. The fourth-order valence-electron chi connectivity index (χ4n) is 2.08. The Morgan fingerprint density at radius 2 is 1.84 bits per heavy atom. The number of nitrogens with zero attached hydrogens (tertiary/aromatic N) is 3. The fraction of sp³-hybridized carbons (Fsp3) is 0.176. The molecule has 25 heavy (non-hydrogen) atoms. The molecule has 0 amide bonds. The van der Waals surface area contributed by atoms with E-state index in [4.69, 9.17) is 16.7 Å². The highest BCUT2D eigenvalue weighted by atomic mass is 35.5. The van der Waals surface area contributed by atoms with Gasteiger partial charge >= 0.3 is 5.97 Å². The summed E-state index contributed by atoms with van der Waals surface area (Å²) in [7, 11) is 0. The molecule has 0 radical (unpaired) electrons. The molecular formula is C17H15ClN4O2S. The second-order valence-corrected chi connectivity index (χ2v) is 7.32. The molecule has 0 aliphatic carbocycles. The Kier molecular flexibility index (Phi) is 4.96. The van der Waals surface area contributed by atoms with Crippen LogP contribution < -0.4 is 5.32 Å². The van der Waals surface area contributed by atoms with Crippen molar-refractivity contribution in [3.63, 3.8) is 0 Å². The van der Waals surface area contributed by atoms with E-state index in [1.54, 1.807) is 18.2 Å². The molecule has 0 spiro atoms. The number of aromatic nitrogens is 3. The number of aromatic carboxylic acids is 1. The standard InChI is InChI=1S/C17H15ClN4O2S/c1-9(2)14-20-15(12-7-8-13(18)25-12)22-17(21-14)19-11-5-3-10(4-6-11)16(23)24/h3-9H,1-2H3,(H,23,24)(H,19,20,21,22). The van der Waals surface area contributed by atoms with Crippen LogP contribution >= 0.6 is 22.9 Å². The number of halogens is 1. The Bertz CT molecular complexity index is 909. The molecule has 0 atom stereocenters. The highest BCUT2D eigenvalue weighted by Crippen LogP contribution is 2.30. The van der Waals surface area contributed by atoms with Gasteiger partial charge in [-0.25, -0.2) is 9.78 Å². The highest BCUT2D eigenvalue weighted by molar-refractivity contribution is 7.19. The van der Waals surface area contributed by atoms with Gasteiger partial charge in [-0.1, -0.05) is 25.4 Å². The van der Waals surface area contributed by atoms with Crippen LogP contribution in [0.3, 0.4) is 0 Å². The van der Waals surface area contributed by atoms with Crippen molar-refractivity contribution in [2.45, 2.75) is 19.8 Å². The van der Waals surface area contributed by atoms with Gasteiger partial charge in [-0.15, -0.1) is 11.3 Å². The number of anilines is 2. The normalized spacial score (nSPS) is 10.9. The van der Waals surface area contributed by atoms with Gasteiger partial charge in [0.1, 0.15) is 5.82 Å². The van der Waals surface area contributed by atoms with Crippen LogP contribution in [0, 0.1) is 0 Å². The number of rotatable bonds is 5. The summed E-state index contributed by atoms with van der Waals surface area (Å²) < 4.78 is 0.667. The maximum Gasteiger partial charge on any atom is 0.335 e. The zero-order valence-corrected chi connectivity index (χ0v) is 15.1. The first-order chi connectivity index (χ1) is 11.9. The van der Waals surface area contributed by atoms with Crippen molar-refractivity contribution in [1.82, 2.24) is 15.0 Å². The van der Waals surface area contributed by atoms with Crippen molar-refractivity contribution in [2.75, 3.05) is 5.32 Å². The maximum absolute atomic E-state index is 10.9. The van der Waals surface area contributed by atoms with E-state index in [9.17, 15) is 4.79 Å². The van der Waals surface area contributed by atoms with Crippen LogP contribution in [0.2, 0.25) is 4.34 Å². The van der Waals surface area contributed by atoms with Gasteiger partial charge in [-0.05, 0) is 36.4 Å². The Morgan fingerprint density at radius 3 is 2.40 bits per heavy atom. The number of benzene rings is 1. The predicted octanol–water partition coefficient (Wildman–Crippen LogP) is 4.82. The zero-order valence-electron chi connectivity index (χ0n) is 13.5. The summed E-state index contributed by atoms with van der Waals surface area (Å²) in [5, 5.41) is 12.1. The number of carboxylic acids is 1. The molecular weight excluding hydrogens is 360 g/mol. The van der Waals surface area contributed by atoms with Crippen molar-refractivity contribution >= 4 is 40.5 Å². The van der Waals surface area contributed by atoms with Gasteiger partial charge in [0.05, 0.1) is 14.8 Å². The SMILES string of the molecule is CC(C)c1nc(Nc2ccc(C(=O)O)cc2)nc(-c2ccc(Cl)s2)n1. The smallest absolute Gasteiger partial charge is 0.335 e. The fourth-order valence-corrected chi connectivity index (χ4v) is 3.05. The summed E-state index contributed by atoms with van der Waals surface area (Å²) in [6.45, 7) is 4.01. The van der Waals surface area contributed by atoms with Crippen LogP contribution in [0.5, 0.6) is 0 Å². The number of carboxylic acid groups (broad SMARTS) is 1. The molecule has 2 N–H and O–H groups in total. The third-order valence-electron chi connectivity index (χ3n) is 3.35. The second-order valence-electron chi connectivity index (χ2n) is 5.61. The van der Waals surface area contributed by atoms with Gasteiger partial charge in [-0.2, -0.15) is 9.97 Å². The van der Waals surface area contributed by atoms with Crippen LogP contribution in [-0.4, -0.2) is 26.0 Å². The molecule has 0 bridgehead atoms. The minimum atomic E-state index is -0.967. The van der Waals surface area contributed by atoms with Crippen LogP contribution in [0.1, 0.15) is 35.9 Å². The first-order valence-corrected chi connectivity index (χ1v) is 8.74. The van der Waals surface area contributed by atoms with E-state index >= 15 is 0 Å². The first kappa shape index (κ1) is 17.3. The minimum Gasteiger partial charge on any atom is -0.478 e. The third kappa shape index (κ3) is 4.12. The summed E-state index contributed by atoms with van der Waals surface area (Å²) >= 11 is 7.41. The van der Waals surface area contributed by atoms with Crippen molar-refractivity contribution in [1.29, 1.82) is 0 Å². The Labute approximate surface area is 153 Å². The molecule has 3 rings (SSSR count). The molecule has 0 saturated heterocycles. The number of hydrogen-bond acceptors (Lipinski definition) is 6. The molecule has 2 aromatic heterocycles. The van der Waals surface area contributed by atoms with Crippen LogP contribution in [0.25, 0.3) is 10.7 Å². The van der Waals surface area contributed by atoms with Crippen LogP contribution in [-0.2, 0) is 0 Å². The molecule has 2 heterocycles. The Hall–Kier alpha value is -2.51. The molecule has 0 aliphatic heterocycles. The van der Waals surface area contributed by atoms with E-state index in [0.717, 1.165) is 4.88 Å². The third-order valence-corrected chi connectivity index (χ3v) is 4.58. The van der Waals surface area contributed by atoms with E-state index in [1.807, 2.05) is 19.9 Å². The molecule has 3 aromatic rings. The molecule has 128 valence electrons. The van der Waals surface area contributed by atoms with Crippen molar-refractivity contribution < 1.29 is 9.90 Å². The Balaban J connectivity index is 1.94. The van der Waals surface area contributed by atoms with E-state index in [0.29, 0.717) is 27.6 Å². The summed E-state index contributed by atoms with van der Waals surface area (Å²) in [4.78, 5) is 25.2. The van der Waals surface area contributed by atoms with Gasteiger partial charge in [0.15, 0.2) is 5.82 Å². The van der Waals surface area contributed by atoms with Gasteiger partial charge in [-0.3, -0.25) is 0 Å².